The largest absolute Gasteiger partial charge is 0.489 e. The molecule has 184 valence electrons. The first-order chi connectivity index (χ1) is 17.2. The topological polar surface area (TPSA) is 108 Å². The minimum atomic E-state index is -4.31. The molecule has 5 rings (SSSR count). The number of ether oxygens (including phenoxy) is 1. The van der Waals surface area contributed by atoms with Gasteiger partial charge in [0.15, 0.2) is 5.17 Å². The standard InChI is InChI=1S/C25H20FN3O5S2/c26-19-5-1-17(2-6-19)15-34-21-8-3-16(4-9-21)13-23-24(30)28-25(35-23)27-20-7-10-22-18(14-20)11-12-29(22)36(31,32)33/h1-10,13-14H,11-12,15H2,(H,27,28,30)(H,31,32,33)/b23-13+. The van der Waals surface area contributed by atoms with Gasteiger partial charge in [0.1, 0.15) is 18.2 Å². The van der Waals surface area contributed by atoms with Crippen molar-refractivity contribution in [1.29, 1.82) is 0 Å². The highest BCUT2D eigenvalue weighted by atomic mass is 32.2. The van der Waals surface area contributed by atoms with Crippen molar-refractivity contribution in [2.45, 2.75) is 13.0 Å². The number of carbonyl (C=O) groups excluding carboxylic acids is 1. The summed E-state index contributed by atoms with van der Waals surface area (Å²) in [5.41, 5.74) is 3.41. The molecule has 11 heteroatoms. The van der Waals surface area contributed by atoms with Crippen molar-refractivity contribution >= 4 is 50.6 Å². The highest BCUT2D eigenvalue weighted by molar-refractivity contribution is 8.18. The summed E-state index contributed by atoms with van der Waals surface area (Å²) in [5, 5.41) is 3.15. The number of aliphatic imine (C=N–C) groups is 1. The molecule has 0 spiro atoms. The number of nitrogens with zero attached hydrogens (tertiary/aromatic N) is 2. The Morgan fingerprint density at radius 2 is 1.86 bits per heavy atom. The zero-order valence-electron chi connectivity index (χ0n) is 18.7. The number of halogens is 1. The summed E-state index contributed by atoms with van der Waals surface area (Å²) in [5.74, 6) is 0.0861. The van der Waals surface area contributed by atoms with Crippen LogP contribution in [0.2, 0.25) is 0 Å². The van der Waals surface area contributed by atoms with Gasteiger partial charge in [0, 0.05) is 6.54 Å². The van der Waals surface area contributed by atoms with E-state index in [0.717, 1.165) is 21.0 Å². The van der Waals surface area contributed by atoms with Gasteiger partial charge in [-0.05, 0) is 83.4 Å². The van der Waals surface area contributed by atoms with Gasteiger partial charge in [-0.15, -0.1) is 0 Å². The summed E-state index contributed by atoms with van der Waals surface area (Å²) in [6.45, 7) is 0.484. The van der Waals surface area contributed by atoms with E-state index in [2.05, 4.69) is 10.3 Å². The summed E-state index contributed by atoms with van der Waals surface area (Å²) in [6.07, 6.45) is 2.21. The molecule has 3 aromatic rings. The van der Waals surface area contributed by atoms with Crippen molar-refractivity contribution in [3.8, 4) is 5.75 Å². The molecule has 2 N–H and O–H groups in total. The predicted octanol–water partition coefficient (Wildman–Crippen LogP) is 4.46. The Hall–Kier alpha value is -3.67. The summed E-state index contributed by atoms with van der Waals surface area (Å²) in [4.78, 5) is 17.4. The Kier molecular flexibility index (Phi) is 6.52. The fourth-order valence-corrected chi connectivity index (χ4v) is 5.41. The molecule has 36 heavy (non-hydrogen) atoms. The summed E-state index contributed by atoms with van der Waals surface area (Å²) >= 11 is 1.20. The zero-order valence-corrected chi connectivity index (χ0v) is 20.4. The van der Waals surface area contributed by atoms with Crippen LogP contribution in [0, 0.1) is 5.82 Å². The summed E-state index contributed by atoms with van der Waals surface area (Å²) < 4.78 is 52.0. The van der Waals surface area contributed by atoms with Gasteiger partial charge < -0.3 is 10.1 Å². The fourth-order valence-electron chi connectivity index (χ4n) is 3.82. The number of hydrogen-bond acceptors (Lipinski definition) is 6. The van der Waals surface area contributed by atoms with Crippen LogP contribution in [0.4, 0.5) is 15.8 Å². The lowest BCUT2D eigenvalue weighted by Gasteiger charge is -2.14. The minimum Gasteiger partial charge on any atom is -0.489 e. The summed E-state index contributed by atoms with van der Waals surface area (Å²) in [6, 6.07) is 18.3. The van der Waals surface area contributed by atoms with Crippen molar-refractivity contribution < 1.29 is 26.9 Å². The minimum absolute atomic E-state index is 0.169. The number of amides is 1. The molecule has 0 bridgehead atoms. The molecule has 0 atom stereocenters. The lowest BCUT2D eigenvalue weighted by atomic mass is 10.1. The molecule has 0 saturated carbocycles. The van der Waals surface area contributed by atoms with Gasteiger partial charge in [-0.2, -0.15) is 8.42 Å². The summed E-state index contributed by atoms with van der Waals surface area (Å²) in [7, 11) is -4.31. The molecule has 2 aliphatic rings. The molecule has 0 radical (unpaired) electrons. The van der Waals surface area contributed by atoms with E-state index in [1.54, 1.807) is 48.5 Å². The molecule has 2 aliphatic heterocycles. The van der Waals surface area contributed by atoms with Gasteiger partial charge in [-0.25, -0.2) is 13.7 Å². The fraction of sp³-hybridized carbons (Fsp3) is 0.120. The van der Waals surface area contributed by atoms with Gasteiger partial charge >= 0.3 is 10.3 Å². The molecule has 0 aromatic heterocycles. The molecule has 0 aliphatic carbocycles. The second-order valence-electron chi connectivity index (χ2n) is 8.08. The van der Waals surface area contributed by atoms with Crippen molar-refractivity contribution in [3.05, 3.63) is 94.1 Å². The number of hydrogen-bond donors (Lipinski definition) is 2. The molecule has 2 heterocycles. The second kappa shape index (κ2) is 9.76. The molecule has 3 aromatic carbocycles. The number of carbonyl (C=O) groups is 1. The molecule has 1 amide bonds. The van der Waals surface area contributed by atoms with E-state index in [4.69, 9.17) is 4.74 Å². The molecule has 0 unspecified atom stereocenters. The van der Waals surface area contributed by atoms with Crippen molar-refractivity contribution in [2.24, 2.45) is 4.99 Å². The first kappa shape index (κ1) is 24.0. The van der Waals surface area contributed by atoms with Crippen LogP contribution >= 0.6 is 11.8 Å². The average Bonchev–Trinajstić information content (AvgIpc) is 3.42. The second-order valence-corrected chi connectivity index (χ2v) is 10.4. The van der Waals surface area contributed by atoms with Gasteiger partial charge in [-0.1, -0.05) is 24.3 Å². The van der Waals surface area contributed by atoms with Crippen molar-refractivity contribution in [2.75, 3.05) is 10.8 Å². The Morgan fingerprint density at radius 3 is 2.58 bits per heavy atom. The first-order valence-corrected chi connectivity index (χ1v) is 13.1. The van der Waals surface area contributed by atoms with Gasteiger partial charge in [0.25, 0.3) is 5.91 Å². The normalized spacial score (nSPS) is 17.5. The van der Waals surface area contributed by atoms with Crippen LogP contribution < -0.4 is 14.4 Å². The van der Waals surface area contributed by atoms with Gasteiger partial charge in [-0.3, -0.25) is 9.35 Å². The van der Waals surface area contributed by atoms with E-state index in [0.29, 0.717) is 40.2 Å². The number of rotatable bonds is 6. The third-order valence-electron chi connectivity index (χ3n) is 5.57. The van der Waals surface area contributed by atoms with Crippen LogP contribution in [-0.2, 0) is 28.1 Å². The first-order valence-electron chi connectivity index (χ1n) is 10.9. The van der Waals surface area contributed by atoms with E-state index in [-0.39, 0.29) is 18.3 Å². The molecular formula is C25H20FN3O5S2. The maximum atomic E-state index is 13.0. The molecule has 8 nitrogen and oxygen atoms in total. The van der Waals surface area contributed by atoms with Crippen molar-refractivity contribution in [1.82, 2.24) is 5.32 Å². The maximum absolute atomic E-state index is 13.0. The van der Waals surface area contributed by atoms with Crippen LogP contribution in [-0.4, -0.2) is 30.6 Å². The monoisotopic (exact) mass is 525 g/mol. The van der Waals surface area contributed by atoms with Crippen LogP contribution in [0.3, 0.4) is 0 Å². The predicted molar refractivity (Wildman–Crippen MR) is 137 cm³/mol. The lowest BCUT2D eigenvalue weighted by molar-refractivity contribution is -0.115. The van der Waals surface area contributed by atoms with E-state index >= 15 is 0 Å². The number of anilines is 1. The van der Waals surface area contributed by atoms with Crippen LogP contribution in [0.25, 0.3) is 6.08 Å². The number of benzene rings is 3. The number of nitrogens with one attached hydrogen (secondary N) is 1. The number of thioether (sulfide) groups is 1. The quantitative estimate of drug-likeness (QED) is 0.363. The smallest absolute Gasteiger partial charge is 0.359 e. The molecular weight excluding hydrogens is 505 g/mol. The van der Waals surface area contributed by atoms with E-state index in [1.165, 1.54) is 23.9 Å². The Bertz CT molecular complexity index is 1490. The van der Waals surface area contributed by atoms with E-state index in [1.807, 2.05) is 12.1 Å². The maximum Gasteiger partial charge on any atom is 0.359 e. The molecule has 1 saturated heterocycles. The Balaban J connectivity index is 1.24. The average molecular weight is 526 g/mol. The van der Waals surface area contributed by atoms with Crippen LogP contribution in [0.1, 0.15) is 16.7 Å². The zero-order chi connectivity index (χ0) is 25.3. The molecule has 1 fully saturated rings. The number of fused-ring (bicyclic) bond motifs is 1. The highest BCUT2D eigenvalue weighted by Crippen LogP contribution is 2.34. The Morgan fingerprint density at radius 1 is 1.11 bits per heavy atom. The van der Waals surface area contributed by atoms with E-state index < -0.39 is 10.3 Å². The van der Waals surface area contributed by atoms with Crippen LogP contribution in [0.5, 0.6) is 5.75 Å². The highest BCUT2D eigenvalue weighted by Gasteiger charge is 2.28. The SMILES string of the molecule is O=C1NC(=Nc2ccc3c(c2)CCN3S(=O)(=O)O)S/C1=C/c1ccc(OCc2ccc(F)cc2)cc1. The third-order valence-corrected chi connectivity index (χ3v) is 7.42. The Labute approximate surface area is 211 Å². The third kappa shape index (κ3) is 5.43. The van der Waals surface area contributed by atoms with Crippen molar-refractivity contribution in [3.63, 3.8) is 0 Å². The lowest BCUT2D eigenvalue weighted by Crippen LogP contribution is -2.27. The van der Waals surface area contributed by atoms with Gasteiger partial charge in [0.05, 0.1) is 16.3 Å². The van der Waals surface area contributed by atoms with Gasteiger partial charge in [0.2, 0.25) is 0 Å². The van der Waals surface area contributed by atoms with E-state index in [9.17, 15) is 22.2 Å². The van der Waals surface area contributed by atoms with Crippen LogP contribution in [0.15, 0.2) is 76.6 Å². The number of amidine groups is 1.